The van der Waals surface area contributed by atoms with Crippen molar-refractivity contribution in [3.63, 3.8) is 0 Å². The second-order valence-corrected chi connectivity index (χ2v) is 11.9. The van der Waals surface area contributed by atoms with Crippen LogP contribution in [0.3, 0.4) is 0 Å². The lowest BCUT2D eigenvalue weighted by molar-refractivity contribution is -0.140. The summed E-state index contributed by atoms with van der Waals surface area (Å²) in [5.41, 5.74) is 1.44. The molecule has 3 heterocycles. The Morgan fingerprint density at radius 2 is 1.84 bits per heavy atom. The van der Waals surface area contributed by atoms with E-state index in [0.29, 0.717) is 28.0 Å². The number of hydrogen-bond donors (Lipinski definition) is 1. The molecule has 1 amide bonds. The molecular weight excluding hydrogens is 567 g/mol. The molecule has 1 aromatic heterocycles. The van der Waals surface area contributed by atoms with E-state index in [9.17, 15) is 19.2 Å². The number of thiazole rings is 1. The maximum Gasteiger partial charge on any atom is 0.323 e. The number of carbonyl (C=O) groups excluding carboxylic acids is 2. The van der Waals surface area contributed by atoms with E-state index in [1.54, 1.807) is 24.8 Å². The molecule has 0 radical (unpaired) electrons. The summed E-state index contributed by atoms with van der Waals surface area (Å²) in [6.07, 6.45) is 2.23. The number of hydrogen-bond acceptors (Lipinski definition) is 10. The van der Waals surface area contributed by atoms with Gasteiger partial charge in [-0.1, -0.05) is 42.7 Å². The van der Waals surface area contributed by atoms with Crippen LogP contribution >= 0.6 is 47.1 Å². The summed E-state index contributed by atoms with van der Waals surface area (Å²) in [6, 6.07) is 5.52. The molecule has 200 valence electrons. The van der Waals surface area contributed by atoms with E-state index in [-0.39, 0.29) is 27.2 Å². The van der Waals surface area contributed by atoms with Crippen LogP contribution < -0.4 is 24.4 Å². The van der Waals surface area contributed by atoms with Gasteiger partial charge in [0.2, 0.25) is 0 Å². The highest BCUT2D eigenvalue weighted by molar-refractivity contribution is 8.30. The third-order valence-electron chi connectivity index (χ3n) is 5.77. The summed E-state index contributed by atoms with van der Waals surface area (Å²) in [4.78, 5) is 53.6. The highest BCUT2D eigenvalue weighted by atomic mass is 32.2. The first-order valence-corrected chi connectivity index (χ1v) is 14.7. The molecule has 0 atom stereocenters. The summed E-state index contributed by atoms with van der Waals surface area (Å²) in [5, 5.41) is 10.1. The van der Waals surface area contributed by atoms with Gasteiger partial charge in [-0.3, -0.25) is 28.6 Å². The fraction of sp³-hybridized carbons (Fsp3) is 0.320. The van der Waals surface area contributed by atoms with Gasteiger partial charge in [0.15, 0.2) is 0 Å². The fourth-order valence-corrected chi connectivity index (χ4v) is 7.74. The van der Waals surface area contributed by atoms with Gasteiger partial charge < -0.3 is 14.7 Å². The van der Waals surface area contributed by atoms with Crippen LogP contribution in [0.25, 0.3) is 10.5 Å². The third kappa shape index (κ3) is 5.33. The van der Waals surface area contributed by atoms with E-state index in [2.05, 4.69) is 4.90 Å². The largest absolute Gasteiger partial charge is 0.480 e. The van der Waals surface area contributed by atoms with Gasteiger partial charge in [0.05, 0.1) is 15.2 Å². The van der Waals surface area contributed by atoms with Gasteiger partial charge in [-0.05, 0) is 44.6 Å². The first-order valence-electron chi connectivity index (χ1n) is 11.8. The minimum Gasteiger partial charge on any atom is -0.480 e. The monoisotopic (exact) mass is 591 g/mol. The lowest BCUT2D eigenvalue weighted by Gasteiger charge is -2.18. The van der Waals surface area contributed by atoms with Crippen molar-refractivity contribution in [3.8, 4) is 5.75 Å². The van der Waals surface area contributed by atoms with E-state index in [0.717, 1.165) is 37.8 Å². The smallest absolute Gasteiger partial charge is 0.323 e. The predicted molar refractivity (Wildman–Crippen MR) is 155 cm³/mol. The molecule has 38 heavy (non-hydrogen) atoms. The van der Waals surface area contributed by atoms with Crippen molar-refractivity contribution in [2.24, 2.45) is 0 Å². The van der Waals surface area contributed by atoms with Crippen molar-refractivity contribution in [3.05, 3.63) is 48.9 Å². The standard InChI is InChI=1S/C25H25N3O6S4/c1-5-19(31)34-14-8-9-16-15(11-14)26(6-2)17(36-16)10-13(4)20-22(32)27(7-3)24(37-20)21-23(33)28(12-18(29)30)25(35)38-21/h8-11H,5-7,12H2,1-4H3,(H,29,30). The molecule has 0 aliphatic carbocycles. The minimum absolute atomic E-state index is 0.156. The zero-order chi connectivity index (χ0) is 27.7. The zero-order valence-corrected chi connectivity index (χ0v) is 24.4. The molecule has 9 nitrogen and oxygen atoms in total. The quantitative estimate of drug-likeness (QED) is 0.293. The van der Waals surface area contributed by atoms with Crippen LogP contribution in [0.15, 0.2) is 39.0 Å². The molecule has 0 bridgehead atoms. The van der Waals surface area contributed by atoms with Crippen molar-refractivity contribution in [2.75, 3.05) is 18.0 Å². The summed E-state index contributed by atoms with van der Waals surface area (Å²) in [5.74, 6) is -1.49. The molecule has 13 heteroatoms. The molecule has 0 saturated carbocycles. The van der Waals surface area contributed by atoms with E-state index < -0.39 is 18.4 Å². The van der Waals surface area contributed by atoms with Crippen LogP contribution in [0.1, 0.15) is 34.1 Å². The Morgan fingerprint density at radius 3 is 2.47 bits per heavy atom. The normalized spacial score (nSPS) is 18.4. The number of carboxylic acid groups (broad SMARTS) is 1. The Morgan fingerprint density at radius 1 is 1.11 bits per heavy atom. The predicted octanol–water partition coefficient (Wildman–Crippen LogP) is 2.94. The molecule has 1 fully saturated rings. The van der Waals surface area contributed by atoms with E-state index in [1.807, 2.05) is 39.0 Å². The average molecular weight is 592 g/mol. The van der Waals surface area contributed by atoms with Gasteiger partial charge in [-0.25, -0.2) is 0 Å². The lowest BCUT2D eigenvalue weighted by atomic mass is 10.2. The maximum absolute atomic E-state index is 13.4. The first-order chi connectivity index (χ1) is 18.1. The first kappa shape index (κ1) is 28.1. The highest BCUT2D eigenvalue weighted by Crippen LogP contribution is 2.47. The van der Waals surface area contributed by atoms with Crippen molar-refractivity contribution in [1.29, 1.82) is 0 Å². The number of amides is 1. The van der Waals surface area contributed by atoms with Crippen molar-refractivity contribution in [2.45, 2.75) is 45.6 Å². The second-order valence-electron chi connectivity index (χ2n) is 8.24. The number of carboxylic acids is 1. The number of aliphatic carboxylic acids is 1. The van der Waals surface area contributed by atoms with Crippen molar-refractivity contribution >= 4 is 85.4 Å². The van der Waals surface area contributed by atoms with Gasteiger partial charge in [0.25, 0.3) is 11.5 Å². The number of carbonyl (C=O) groups is 3. The molecule has 0 spiro atoms. The molecule has 2 aliphatic rings. The fourth-order valence-electron chi connectivity index (χ4n) is 3.95. The average Bonchev–Trinajstić information content (AvgIpc) is 3.49. The van der Waals surface area contributed by atoms with Crippen LogP contribution in [0.4, 0.5) is 5.69 Å². The maximum atomic E-state index is 13.4. The van der Waals surface area contributed by atoms with Crippen LogP contribution in [0.5, 0.6) is 5.75 Å². The molecule has 1 aromatic carbocycles. The summed E-state index contributed by atoms with van der Waals surface area (Å²) < 4.78 is 8.02. The van der Waals surface area contributed by atoms with Crippen LogP contribution in [-0.4, -0.2) is 49.8 Å². The van der Waals surface area contributed by atoms with Gasteiger partial charge in [-0.2, -0.15) is 0 Å². The number of nitrogens with zero attached hydrogens (tertiary/aromatic N) is 3. The Labute approximate surface area is 236 Å². The van der Waals surface area contributed by atoms with Gasteiger partial charge in [0, 0.05) is 30.5 Å². The van der Waals surface area contributed by atoms with Gasteiger partial charge in [-0.15, -0.1) is 11.3 Å². The van der Waals surface area contributed by atoms with Crippen LogP contribution in [0, 0.1) is 0 Å². The number of esters is 1. The molecular formula is C25H25N3O6S4. The van der Waals surface area contributed by atoms with Gasteiger partial charge in [0.1, 0.15) is 26.2 Å². The van der Waals surface area contributed by atoms with Crippen LogP contribution in [-0.2, 0) is 20.9 Å². The number of aromatic nitrogens is 1. The van der Waals surface area contributed by atoms with E-state index >= 15 is 0 Å². The number of thioether (sulfide) groups is 2. The minimum atomic E-state index is -1.16. The SMILES string of the molecule is CCC(=O)Oc1ccc2c(c1)N(CC)C(=CC(C)=c1sc(=C3SC(=S)N(CC(=O)O)C3=O)n(CC)c1=O)S2. The molecule has 1 saturated heterocycles. The van der Waals surface area contributed by atoms with Crippen molar-refractivity contribution < 1.29 is 24.2 Å². The molecule has 2 aliphatic heterocycles. The Balaban J connectivity index is 1.78. The highest BCUT2D eigenvalue weighted by Gasteiger charge is 2.35. The molecule has 1 N–H and O–H groups in total. The number of thiocarbonyl (C=S) groups is 1. The van der Waals surface area contributed by atoms with Gasteiger partial charge >= 0.3 is 11.9 Å². The Kier molecular flexibility index (Phi) is 8.50. The topological polar surface area (TPSA) is 109 Å². The van der Waals surface area contributed by atoms with E-state index in [1.165, 1.54) is 15.9 Å². The lowest BCUT2D eigenvalue weighted by Crippen LogP contribution is -2.35. The molecule has 0 unspecified atom stereocenters. The summed E-state index contributed by atoms with van der Waals surface area (Å²) in [7, 11) is 0. The number of rotatable bonds is 7. The Hall–Kier alpha value is -2.87. The number of ether oxygens (including phenoxy) is 1. The summed E-state index contributed by atoms with van der Waals surface area (Å²) in [6.45, 7) is 7.92. The number of allylic oxidation sites excluding steroid dienone is 1. The summed E-state index contributed by atoms with van der Waals surface area (Å²) >= 11 is 9.00. The van der Waals surface area contributed by atoms with Crippen LogP contribution in [0.2, 0.25) is 0 Å². The zero-order valence-electron chi connectivity index (χ0n) is 21.1. The van der Waals surface area contributed by atoms with Crippen molar-refractivity contribution in [1.82, 2.24) is 9.47 Å². The Bertz CT molecular complexity index is 1570. The third-order valence-corrected chi connectivity index (χ3v) is 9.77. The number of fused-ring (bicyclic) bond motifs is 1. The number of benzene rings is 1. The second kappa shape index (κ2) is 11.5. The molecule has 2 aromatic rings. The number of anilines is 1. The van der Waals surface area contributed by atoms with E-state index in [4.69, 9.17) is 22.1 Å². The molecule has 4 rings (SSSR count).